The Morgan fingerprint density at radius 3 is 3.00 bits per heavy atom. The minimum atomic E-state index is 0.702. The number of hydrogen-bond acceptors (Lipinski definition) is 2. The van der Waals surface area contributed by atoms with Crippen LogP contribution in [-0.2, 0) is 13.0 Å². The first-order valence-electron chi connectivity index (χ1n) is 4.89. The van der Waals surface area contributed by atoms with E-state index in [-0.39, 0.29) is 0 Å². The Morgan fingerprint density at radius 2 is 2.27 bits per heavy atom. The van der Waals surface area contributed by atoms with Gasteiger partial charge < -0.3 is 4.57 Å². The monoisotopic (exact) mass is 221 g/mol. The lowest BCUT2D eigenvalue weighted by atomic mass is 10.2. The van der Waals surface area contributed by atoms with Gasteiger partial charge in [0.1, 0.15) is 5.82 Å². The van der Waals surface area contributed by atoms with Gasteiger partial charge in [-0.25, -0.2) is 4.98 Å². The maximum atomic E-state index is 6.04. The largest absolute Gasteiger partial charge is 0.330 e. The number of rotatable bonds is 3. The van der Waals surface area contributed by atoms with Gasteiger partial charge in [-0.15, -0.1) is 0 Å². The van der Waals surface area contributed by atoms with Crippen LogP contribution in [0.4, 0.5) is 0 Å². The molecule has 2 rings (SSSR count). The van der Waals surface area contributed by atoms with E-state index >= 15 is 0 Å². The molecule has 0 saturated carbocycles. The molecule has 0 spiro atoms. The minimum absolute atomic E-state index is 0.702. The molecular weight excluding hydrogens is 210 g/mol. The lowest BCUT2D eigenvalue weighted by molar-refractivity contribution is 0.731. The molecule has 2 aromatic heterocycles. The summed E-state index contributed by atoms with van der Waals surface area (Å²) < 4.78 is 2.10. The third-order valence-corrected chi connectivity index (χ3v) is 2.66. The molecule has 0 amide bonds. The SMILES string of the molecule is CCc1nccn1Cc1ccncc1Cl. The molecule has 0 saturated heterocycles. The highest BCUT2D eigenvalue weighted by molar-refractivity contribution is 6.31. The molecule has 0 aromatic carbocycles. The number of nitrogens with zero attached hydrogens (tertiary/aromatic N) is 3. The van der Waals surface area contributed by atoms with E-state index in [1.165, 1.54) is 0 Å². The third-order valence-electron chi connectivity index (χ3n) is 2.32. The van der Waals surface area contributed by atoms with Crippen molar-refractivity contribution in [1.82, 2.24) is 14.5 Å². The average molecular weight is 222 g/mol. The van der Waals surface area contributed by atoms with E-state index in [1.54, 1.807) is 12.4 Å². The fourth-order valence-corrected chi connectivity index (χ4v) is 1.69. The lowest BCUT2D eigenvalue weighted by Gasteiger charge is -2.07. The van der Waals surface area contributed by atoms with Gasteiger partial charge >= 0.3 is 0 Å². The van der Waals surface area contributed by atoms with Crippen LogP contribution in [0.3, 0.4) is 0 Å². The topological polar surface area (TPSA) is 30.7 Å². The van der Waals surface area contributed by atoms with Crippen LogP contribution in [0.15, 0.2) is 30.9 Å². The second-order valence-corrected chi connectivity index (χ2v) is 3.70. The van der Waals surface area contributed by atoms with Crippen LogP contribution < -0.4 is 0 Å². The zero-order valence-electron chi connectivity index (χ0n) is 8.52. The van der Waals surface area contributed by atoms with Gasteiger partial charge in [0.05, 0.1) is 11.6 Å². The summed E-state index contributed by atoms with van der Waals surface area (Å²) in [7, 11) is 0. The van der Waals surface area contributed by atoms with Crippen molar-refractivity contribution in [2.75, 3.05) is 0 Å². The first-order valence-corrected chi connectivity index (χ1v) is 5.27. The van der Waals surface area contributed by atoms with Crippen molar-refractivity contribution >= 4 is 11.6 Å². The zero-order valence-corrected chi connectivity index (χ0v) is 9.28. The molecule has 3 nitrogen and oxygen atoms in total. The van der Waals surface area contributed by atoms with Gasteiger partial charge in [0.2, 0.25) is 0 Å². The highest BCUT2D eigenvalue weighted by Crippen LogP contribution is 2.15. The Morgan fingerprint density at radius 1 is 1.40 bits per heavy atom. The molecular formula is C11H12ClN3. The van der Waals surface area contributed by atoms with Crippen LogP contribution in [-0.4, -0.2) is 14.5 Å². The van der Waals surface area contributed by atoms with Gasteiger partial charge in [-0.1, -0.05) is 18.5 Å². The second kappa shape index (κ2) is 4.45. The van der Waals surface area contributed by atoms with E-state index in [9.17, 15) is 0 Å². The van der Waals surface area contributed by atoms with Gasteiger partial charge in [0.15, 0.2) is 0 Å². The highest BCUT2D eigenvalue weighted by atomic mass is 35.5. The van der Waals surface area contributed by atoms with E-state index in [0.29, 0.717) is 5.02 Å². The molecule has 0 atom stereocenters. The molecule has 15 heavy (non-hydrogen) atoms. The summed E-state index contributed by atoms with van der Waals surface area (Å²) in [4.78, 5) is 8.22. The Hall–Kier alpha value is -1.35. The summed E-state index contributed by atoms with van der Waals surface area (Å²) in [5.41, 5.74) is 1.07. The van der Waals surface area contributed by atoms with Crippen LogP contribution in [0.5, 0.6) is 0 Å². The summed E-state index contributed by atoms with van der Waals surface area (Å²) >= 11 is 6.04. The molecule has 0 radical (unpaired) electrons. The van der Waals surface area contributed by atoms with Gasteiger partial charge in [-0.2, -0.15) is 0 Å². The standard InChI is InChI=1S/C11H12ClN3/c1-2-11-14-5-6-15(11)8-9-3-4-13-7-10(9)12/h3-7H,2,8H2,1H3. The number of halogens is 1. The normalized spacial score (nSPS) is 10.5. The van der Waals surface area contributed by atoms with Crippen molar-refractivity contribution in [3.8, 4) is 0 Å². The number of hydrogen-bond donors (Lipinski definition) is 0. The summed E-state index contributed by atoms with van der Waals surface area (Å²) in [5, 5.41) is 0.702. The van der Waals surface area contributed by atoms with Crippen LogP contribution in [0, 0.1) is 0 Å². The fraction of sp³-hybridized carbons (Fsp3) is 0.273. The lowest BCUT2D eigenvalue weighted by Crippen LogP contribution is -2.03. The van der Waals surface area contributed by atoms with Gasteiger partial charge in [0, 0.05) is 31.2 Å². The fourth-order valence-electron chi connectivity index (χ4n) is 1.51. The van der Waals surface area contributed by atoms with Crippen LogP contribution in [0.25, 0.3) is 0 Å². The number of aryl methyl sites for hydroxylation is 1. The van der Waals surface area contributed by atoms with Crippen molar-refractivity contribution in [1.29, 1.82) is 0 Å². The Labute approximate surface area is 93.7 Å². The molecule has 0 unspecified atom stereocenters. The quantitative estimate of drug-likeness (QED) is 0.798. The van der Waals surface area contributed by atoms with Gasteiger partial charge in [0.25, 0.3) is 0 Å². The smallest absolute Gasteiger partial charge is 0.108 e. The molecule has 0 aliphatic carbocycles. The van der Waals surface area contributed by atoms with Crippen LogP contribution in [0.2, 0.25) is 5.02 Å². The maximum Gasteiger partial charge on any atom is 0.108 e. The van der Waals surface area contributed by atoms with Crippen molar-refractivity contribution in [2.24, 2.45) is 0 Å². The van der Waals surface area contributed by atoms with E-state index in [2.05, 4.69) is 21.5 Å². The summed E-state index contributed by atoms with van der Waals surface area (Å²) in [5.74, 6) is 1.07. The average Bonchev–Trinajstić information content (AvgIpc) is 2.69. The Bertz CT molecular complexity index is 451. The molecule has 0 aliphatic rings. The molecule has 0 fully saturated rings. The molecule has 0 N–H and O–H groups in total. The molecule has 0 aliphatic heterocycles. The van der Waals surface area contributed by atoms with E-state index < -0.39 is 0 Å². The van der Waals surface area contributed by atoms with Crippen LogP contribution in [0.1, 0.15) is 18.3 Å². The van der Waals surface area contributed by atoms with Crippen molar-refractivity contribution < 1.29 is 0 Å². The highest BCUT2D eigenvalue weighted by Gasteiger charge is 2.03. The predicted molar refractivity (Wildman–Crippen MR) is 60.0 cm³/mol. The summed E-state index contributed by atoms with van der Waals surface area (Å²) in [6.45, 7) is 2.84. The molecule has 2 aromatic rings. The molecule has 2 heterocycles. The maximum absolute atomic E-state index is 6.04. The third kappa shape index (κ3) is 2.18. The first kappa shape index (κ1) is 10.2. The minimum Gasteiger partial charge on any atom is -0.330 e. The summed E-state index contributed by atoms with van der Waals surface area (Å²) in [6.07, 6.45) is 8.13. The van der Waals surface area contributed by atoms with Crippen molar-refractivity contribution in [2.45, 2.75) is 19.9 Å². The van der Waals surface area contributed by atoms with E-state index in [0.717, 1.165) is 24.4 Å². The Balaban J connectivity index is 2.26. The zero-order chi connectivity index (χ0) is 10.7. The molecule has 78 valence electrons. The second-order valence-electron chi connectivity index (χ2n) is 3.29. The van der Waals surface area contributed by atoms with E-state index in [1.807, 2.05) is 18.5 Å². The van der Waals surface area contributed by atoms with E-state index in [4.69, 9.17) is 11.6 Å². The van der Waals surface area contributed by atoms with Gasteiger partial charge in [-0.3, -0.25) is 4.98 Å². The number of imidazole rings is 1. The predicted octanol–water partition coefficient (Wildman–Crippen LogP) is 2.54. The Kier molecular flexibility index (Phi) is 3.02. The van der Waals surface area contributed by atoms with Crippen molar-refractivity contribution in [3.05, 3.63) is 47.3 Å². The number of aromatic nitrogens is 3. The van der Waals surface area contributed by atoms with Crippen LogP contribution >= 0.6 is 11.6 Å². The van der Waals surface area contributed by atoms with Gasteiger partial charge in [-0.05, 0) is 11.6 Å². The first-order chi connectivity index (χ1) is 7.31. The number of pyridine rings is 1. The van der Waals surface area contributed by atoms with Crippen molar-refractivity contribution in [3.63, 3.8) is 0 Å². The molecule has 0 bridgehead atoms. The summed E-state index contributed by atoms with van der Waals surface area (Å²) in [6, 6.07) is 1.93. The molecule has 4 heteroatoms.